The normalized spacial score (nSPS) is 31.3. The van der Waals surface area contributed by atoms with E-state index in [9.17, 15) is 9.59 Å². The number of hydrogen-bond donors (Lipinski definition) is 1. The number of ether oxygens (including phenoxy) is 1. The smallest absolute Gasteiger partial charge is 0.407 e. The molecule has 0 aromatic carbocycles. The number of carbonyl (C=O) groups excluding carboxylic acids is 2. The Morgan fingerprint density at radius 1 is 1.04 bits per heavy atom. The minimum atomic E-state index is -0.470. The maximum atomic E-state index is 12.7. The number of rotatable bonds is 2. The molecule has 2 bridgehead atoms. The molecule has 0 aromatic heterocycles. The van der Waals surface area contributed by atoms with Gasteiger partial charge in [-0.1, -0.05) is 6.42 Å². The van der Waals surface area contributed by atoms with E-state index in [1.54, 1.807) is 0 Å². The zero-order chi connectivity index (χ0) is 16.6. The van der Waals surface area contributed by atoms with E-state index in [-0.39, 0.29) is 18.1 Å². The average molecular weight is 322 g/mol. The molecule has 5 heteroatoms. The molecule has 2 aliphatic carbocycles. The van der Waals surface area contributed by atoms with Gasteiger partial charge in [0, 0.05) is 25.0 Å². The Balaban J connectivity index is 1.43. The Morgan fingerprint density at radius 3 is 2.26 bits per heavy atom. The highest BCUT2D eigenvalue weighted by Crippen LogP contribution is 2.49. The third kappa shape index (κ3) is 3.99. The van der Waals surface area contributed by atoms with Gasteiger partial charge in [0.05, 0.1) is 0 Å². The van der Waals surface area contributed by atoms with Crippen LogP contribution in [0.15, 0.2) is 0 Å². The molecule has 0 radical (unpaired) electrons. The number of fused-ring (bicyclic) bond motifs is 2. The highest BCUT2D eigenvalue weighted by Gasteiger charge is 2.44. The zero-order valence-corrected chi connectivity index (χ0v) is 14.6. The number of hydrogen-bond acceptors (Lipinski definition) is 3. The fourth-order valence-electron chi connectivity index (χ4n) is 4.50. The van der Waals surface area contributed by atoms with Crippen LogP contribution >= 0.6 is 0 Å². The molecule has 130 valence electrons. The largest absolute Gasteiger partial charge is 0.444 e. The minimum absolute atomic E-state index is 0.119. The zero-order valence-electron chi connectivity index (χ0n) is 14.6. The number of carbonyl (C=O) groups is 2. The monoisotopic (exact) mass is 322 g/mol. The van der Waals surface area contributed by atoms with E-state index >= 15 is 0 Å². The molecule has 2 amide bonds. The molecule has 3 fully saturated rings. The van der Waals surface area contributed by atoms with E-state index in [0.717, 1.165) is 38.3 Å². The first-order valence-corrected chi connectivity index (χ1v) is 9.10. The van der Waals surface area contributed by atoms with Crippen LogP contribution in [-0.4, -0.2) is 41.6 Å². The summed E-state index contributed by atoms with van der Waals surface area (Å²) in [4.78, 5) is 26.6. The second-order valence-corrected chi connectivity index (χ2v) is 8.53. The fraction of sp³-hybridized carbons (Fsp3) is 0.889. The van der Waals surface area contributed by atoms with E-state index in [4.69, 9.17) is 4.74 Å². The van der Waals surface area contributed by atoms with E-state index in [1.807, 2.05) is 25.7 Å². The van der Waals surface area contributed by atoms with E-state index in [1.165, 1.54) is 19.3 Å². The molecular formula is C18H30N2O3. The molecule has 0 aromatic rings. The molecule has 0 unspecified atom stereocenters. The second kappa shape index (κ2) is 6.33. The van der Waals surface area contributed by atoms with Gasteiger partial charge in [0.1, 0.15) is 5.60 Å². The Morgan fingerprint density at radius 2 is 1.74 bits per heavy atom. The predicted molar refractivity (Wildman–Crippen MR) is 87.9 cm³/mol. The first-order chi connectivity index (χ1) is 10.8. The van der Waals surface area contributed by atoms with Crippen molar-refractivity contribution in [3.05, 3.63) is 0 Å². The summed E-state index contributed by atoms with van der Waals surface area (Å²) < 4.78 is 5.30. The summed E-state index contributed by atoms with van der Waals surface area (Å²) in [6.45, 7) is 7.11. The van der Waals surface area contributed by atoms with Crippen molar-refractivity contribution >= 4 is 12.0 Å². The van der Waals surface area contributed by atoms with E-state index in [2.05, 4.69) is 5.32 Å². The third-order valence-corrected chi connectivity index (χ3v) is 5.58. The van der Waals surface area contributed by atoms with Crippen LogP contribution in [0.4, 0.5) is 4.79 Å². The van der Waals surface area contributed by atoms with Crippen molar-refractivity contribution in [1.82, 2.24) is 10.2 Å². The number of nitrogens with zero attached hydrogens (tertiary/aromatic N) is 1. The Bertz CT molecular complexity index is 463. The molecule has 0 spiro atoms. The number of amides is 2. The number of alkyl carbamates (subject to hydrolysis) is 1. The van der Waals surface area contributed by atoms with Crippen LogP contribution in [0.1, 0.15) is 59.3 Å². The molecule has 1 saturated heterocycles. The molecule has 3 atom stereocenters. The standard InChI is InChI=1S/C18H30N2O3/c1-18(2,3)23-17(22)19-14-6-8-20(9-7-14)16(21)15-11-12-4-5-13(15)10-12/h12-15H,4-11H2,1-3H3,(H,19,22)/t12-,13-,15-/m0/s1. The maximum absolute atomic E-state index is 12.7. The van der Waals surface area contributed by atoms with Crippen molar-refractivity contribution in [2.24, 2.45) is 17.8 Å². The van der Waals surface area contributed by atoms with Gasteiger partial charge in [-0.05, 0) is 64.7 Å². The molecule has 3 aliphatic rings. The van der Waals surface area contributed by atoms with Gasteiger partial charge >= 0.3 is 6.09 Å². The first-order valence-electron chi connectivity index (χ1n) is 9.10. The molecule has 23 heavy (non-hydrogen) atoms. The molecule has 5 nitrogen and oxygen atoms in total. The van der Waals surface area contributed by atoms with E-state index < -0.39 is 5.60 Å². The number of likely N-dealkylation sites (tertiary alicyclic amines) is 1. The van der Waals surface area contributed by atoms with Gasteiger partial charge in [-0.15, -0.1) is 0 Å². The van der Waals surface area contributed by atoms with Crippen LogP contribution in [0.3, 0.4) is 0 Å². The van der Waals surface area contributed by atoms with Crippen molar-refractivity contribution in [3.63, 3.8) is 0 Å². The first kappa shape index (κ1) is 16.6. The summed E-state index contributed by atoms with van der Waals surface area (Å²) in [7, 11) is 0. The summed E-state index contributed by atoms with van der Waals surface area (Å²) in [6.07, 6.45) is 6.26. The van der Waals surface area contributed by atoms with Gasteiger partial charge < -0.3 is 15.0 Å². The number of piperidine rings is 1. The van der Waals surface area contributed by atoms with Gasteiger partial charge in [0.2, 0.25) is 5.91 Å². The van der Waals surface area contributed by atoms with Crippen LogP contribution in [0.5, 0.6) is 0 Å². The molecular weight excluding hydrogens is 292 g/mol. The van der Waals surface area contributed by atoms with Crippen molar-refractivity contribution in [1.29, 1.82) is 0 Å². The minimum Gasteiger partial charge on any atom is -0.444 e. The van der Waals surface area contributed by atoms with Crippen molar-refractivity contribution in [2.45, 2.75) is 70.9 Å². The van der Waals surface area contributed by atoms with Crippen LogP contribution in [0, 0.1) is 17.8 Å². The molecule has 3 rings (SSSR count). The summed E-state index contributed by atoms with van der Waals surface area (Å²) in [5.41, 5.74) is -0.470. The summed E-state index contributed by atoms with van der Waals surface area (Å²) in [6, 6.07) is 0.119. The fourth-order valence-corrected chi connectivity index (χ4v) is 4.50. The topological polar surface area (TPSA) is 58.6 Å². The second-order valence-electron chi connectivity index (χ2n) is 8.53. The Kier molecular flexibility index (Phi) is 4.56. The number of nitrogens with one attached hydrogen (secondary N) is 1. The molecule has 1 aliphatic heterocycles. The van der Waals surface area contributed by atoms with Crippen molar-refractivity contribution in [3.8, 4) is 0 Å². The summed E-state index contributed by atoms with van der Waals surface area (Å²) >= 11 is 0. The van der Waals surface area contributed by atoms with Gasteiger partial charge in [-0.3, -0.25) is 4.79 Å². The molecule has 1 N–H and O–H groups in total. The van der Waals surface area contributed by atoms with Crippen LogP contribution in [0.25, 0.3) is 0 Å². The SMILES string of the molecule is CC(C)(C)OC(=O)NC1CCN(C(=O)[C@H]2C[C@H]3CC[C@H]2C3)CC1. The van der Waals surface area contributed by atoms with Gasteiger partial charge in [-0.2, -0.15) is 0 Å². The Labute approximate surface area is 139 Å². The summed E-state index contributed by atoms with van der Waals surface area (Å²) in [5, 5.41) is 2.93. The lowest BCUT2D eigenvalue weighted by molar-refractivity contribution is -0.138. The average Bonchev–Trinajstić information content (AvgIpc) is 3.08. The van der Waals surface area contributed by atoms with Crippen LogP contribution < -0.4 is 5.32 Å². The van der Waals surface area contributed by atoms with Crippen molar-refractivity contribution < 1.29 is 14.3 Å². The lowest BCUT2D eigenvalue weighted by Crippen LogP contribution is -2.49. The van der Waals surface area contributed by atoms with Gasteiger partial charge in [-0.25, -0.2) is 4.79 Å². The van der Waals surface area contributed by atoms with Crippen LogP contribution in [-0.2, 0) is 9.53 Å². The highest BCUT2D eigenvalue weighted by atomic mass is 16.6. The third-order valence-electron chi connectivity index (χ3n) is 5.58. The maximum Gasteiger partial charge on any atom is 0.407 e. The lowest BCUT2D eigenvalue weighted by atomic mass is 9.87. The quantitative estimate of drug-likeness (QED) is 0.850. The van der Waals surface area contributed by atoms with Crippen molar-refractivity contribution in [2.75, 3.05) is 13.1 Å². The van der Waals surface area contributed by atoms with Crippen LogP contribution in [0.2, 0.25) is 0 Å². The lowest BCUT2D eigenvalue weighted by Gasteiger charge is -2.35. The van der Waals surface area contributed by atoms with E-state index in [0.29, 0.717) is 11.8 Å². The molecule has 1 heterocycles. The van der Waals surface area contributed by atoms with Gasteiger partial charge in [0.15, 0.2) is 0 Å². The van der Waals surface area contributed by atoms with Gasteiger partial charge in [0.25, 0.3) is 0 Å². The Hall–Kier alpha value is -1.26. The molecule has 2 saturated carbocycles. The predicted octanol–water partition coefficient (Wildman–Crippen LogP) is 2.94. The summed E-state index contributed by atoms with van der Waals surface area (Å²) in [5.74, 6) is 2.10. The highest BCUT2D eigenvalue weighted by molar-refractivity contribution is 5.80.